The van der Waals surface area contributed by atoms with Gasteiger partial charge in [-0.3, -0.25) is 0 Å². The van der Waals surface area contributed by atoms with Crippen molar-refractivity contribution in [2.24, 2.45) is 5.84 Å². The summed E-state index contributed by atoms with van der Waals surface area (Å²) in [6, 6.07) is 0. The van der Waals surface area contributed by atoms with Crippen LogP contribution in [0.4, 0.5) is 11.6 Å². The molecule has 6 nitrogen and oxygen atoms in total. The molecule has 0 aliphatic carbocycles. The van der Waals surface area contributed by atoms with E-state index in [4.69, 9.17) is 10.6 Å². The van der Waals surface area contributed by atoms with Crippen LogP contribution in [0.1, 0.15) is 19.3 Å². The highest BCUT2D eigenvalue weighted by Gasteiger charge is 2.10. The lowest BCUT2D eigenvalue weighted by atomic mass is 10.2. The molecule has 18 heavy (non-hydrogen) atoms. The van der Waals surface area contributed by atoms with Gasteiger partial charge in [0.25, 0.3) is 0 Å². The molecule has 0 aliphatic heterocycles. The largest absolute Gasteiger partial charge is 0.490 e. The average molecular weight is 271 g/mol. The molecule has 1 rings (SSSR count). The molecule has 0 saturated carbocycles. The predicted octanol–water partition coefficient (Wildman–Crippen LogP) is 1.72. The highest BCUT2D eigenvalue weighted by Crippen LogP contribution is 2.27. The number of hydrogen-bond acceptors (Lipinski definition) is 7. The Morgan fingerprint density at radius 3 is 2.72 bits per heavy atom. The Bertz CT molecular complexity index is 350. The van der Waals surface area contributed by atoms with Crippen molar-refractivity contribution in [1.82, 2.24) is 9.97 Å². The van der Waals surface area contributed by atoms with E-state index in [0.717, 1.165) is 13.0 Å². The standard InChI is InChI=1S/C11H21N5OS/c1-17-9-10(14-8-15-11(9)16-12)13-6-4-3-5-7-18-2/h8H,3-7,12H2,1-2H3,(H2,13,14,15,16). The summed E-state index contributed by atoms with van der Waals surface area (Å²) in [7, 11) is 1.57. The molecule has 0 aromatic carbocycles. The minimum atomic E-state index is 0.484. The molecule has 0 fully saturated rings. The Kier molecular flexibility index (Phi) is 7.28. The number of nitrogen functional groups attached to an aromatic ring is 1. The number of methoxy groups -OCH3 is 1. The first-order valence-corrected chi connectivity index (χ1v) is 7.31. The molecule has 0 spiro atoms. The Labute approximate surface area is 112 Å². The monoisotopic (exact) mass is 271 g/mol. The molecule has 0 saturated heterocycles. The van der Waals surface area contributed by atoms with Crippen LogP contribution in [0.25, 0.3) is 0 Å². The summed E-state index contributed by atoms with van der Waals surface area (Å²) in [5.41, 5.74) is 2.49. The highest BCUT2D eigenvalue weighted by atomic mass is 32.2. The summed E-state index contributed by atoms with van der Waals surface area (Å²) in [4.78, 5) is 8.13. The summed E-state index contributed by atoms with van der Waals surface area (Å²) in [5.74, 6) is 8.28. The van der Waals surface area contributed by atoms with Gasteiger partial charge in [0.2, 0.25) is 5.75 Å². The molecule has 1 aromatic rings. The molecule has 1 aromatic heterocycles. The van der Waals surface area contributed by atoms with Gasteiger partial charge in [0, 0.05) is 6.54 Å². The van der Waals surface area contributed by atoms with Gasteiger partial charge < -0.3 is 15.5 Å². The fourth-order valence-electron chi connectivity index (χ4n) is 1.55. The van der Waals surface area contributed by atoms with Crippen molar-refractivity contribution < 1.29 is 4.74 Å². The fraction of sp³-hybridized carbons (Fsp3) is 0.636. The molecular formula is C11H21N5OS. The van der Waals surface area contributed by atoms with Gasteiger partial charge in [0.15, 0.2) is 11.6 Å². The van der Waals surface area contributed by atoms with E-state index in [1.54, 1.807) is 7.11 Å². The number of nitrogens with one attached hydrogen (secondary N) is 2. The molecule has 0 amide bonds. The van der Waals surface area contributed by atoms with Gasteiger partial charge in [-0.1, -0.05) is 6.42 Å². The van der Waals surface area contributed by atoms with Gasteiger partial charge in [-0.25, -0.2) is 15.8 Å². The van der Waals surface area contributed by atoms with Crippen LogP contribution in [0.3, 0.4) is 0 Å². The molecule has 4 N–H and O–H groups in total. The van der Waals surface area contributed by atoms with Crippen LogP contribution in [0.5, 0.6) is 5.75 Å². The normalized spacial score (nSPS) is 10.2. The van der Waals surface area contributed by atoms with E-state index in [0.29, 0.717) is 17.4 Å². The van der Waals surface area contributed by atoms with Crippen LogP contribution in [0.15, 0.2) is 6.33 Å². The molecule has 0 radical (unpaired) electrons. The number of aromatic nitrogens is 2. The smallest absolute Gasteiger partial charge is 0.205 e. The second-order valence-electron chi connectivity index (χ2n) is 3.73. The lowest BCUT2D eigenvalue weighted by Crippen LogP contribution is -2.13. The van der Waals surface area contributed by atoms with Gasteiger partial charge in [0.1, 0.15) is 6.33 Å². The zero-order chi connectivity index (χ0) is 13.2. The summed E-state index contributed by atoms with van der Waals surface area (Å²) in [5, 5.41) is 3.24. The summed E-state index contributed by atoms with van der Waals surface area (Å²) >= 11 is 1.88. The minimum Gasteiger partial charge on any atom is -0.490 e. The number of nitrogens with zero attached hydrogens (tertiary/aromatic N) is 2. The topological polar surface area (TPSA) is 85.1 Å². The van der Waals surface area contributed by atoms with Crippen LogP contribution in [0, 0.1) is 0 Å². The number of anilines is 2. The van der Waals surface area contributed by atoms with Crippen molar-refractivity contribution in [1.29, 1.82) is 0 Å². The molecule has 7 heteroatoms. The van der Waals surface area contributed by atoms with E-state index in [-0.39, 0.29) is 0 Å². The quantitative estimate of drug-likeness (QED) is 0.358. The maximum Gasteiger partial charge on any atom is 0.205 e. The first-order valence-electron chi connectivity index (χ1n) is 5.92. The lowest BCUT2D eigenvalue weighted by molar-refractivity contribution is 0.414. The van der Waals surface area contributed by atoms with Crippen molar-refractivity contribution in [2.75, 3.05) is 36.4 Å². The molecule has 0 aliphatic rings. The number of hydrogen-bond donors (Lipinski definition) is 3. The van der Waals surface area contributed by atoms with E-state index in [1.165, 1.54) is 24.9 Å². The van der Waals surface area contributed by atoms with Crippen molar-refractivity contribution in [3.05, 3.63) is 6.33 Å². The van der Waals surface area contributed by atoms with Crippen LogP contribution < -0.4 is 21.3 Å². The average Bonchev–Trinajstić information content (AvgIpc) is 2.42. The van der Waals surface area contributed by atoms with Gasteiger partial charge in [-0.05, 0) is 24.9 Å². The number of rotatable bonds is 9. The van der Waals surface area contributed by atoms with Crippen LogP contribution in [-0.4, -0.2) is 35.6 Å². The van der Waals surface area contributed by atoms with E-state index in [9.17, 15) is 0 Å². The Morgan fingerprint density at radius 2 is 2.06 bits per heavy atom. The number of nitrogens with two attached hydrogens (primary N) is 1. The molecule has 0 bridgehead atoms. The fourth-order valence-corrected chi connectivity index (χ4v) is 2.04. The SMILES string of the molecule is COc1c(NN)ncnc1NCCCCCSC. The number of unbranched alkanes of at least 4 members (excludes halogenated alkanes) is 2. The van der Waals surface area contributed by atoms with E-state index in [2.05, 4.69) is 27.0 Å². The molecule has 102 valence electrons. The maximum absolute atomic E-state index is 5.35. The minimum absolute atomic E-state index is 0.484. The second kappa shape index (κ2) is 8.82. The lowest BCUT2D eigenvalue weighted by Gasteiger charge is -2.12. The van der Waals surface area contributed by atoms with E-state index in [1.807, 2.05) is 11.8 Å². The van der Waals surface area contributed by atoms with Gasteiger partial charge in [-0.15, -0.1) is 0 Å². The van der Waals surface area contributed by atoms with Gasteiger partial charge in [0.05, 0.1) is 7.11 Å². The first-order chi connectivity index (χ1) is 8.83. The third-order valence-corrected chi connectivity index (χ3v) is 3.16. The molecule has 1 heterocycles. The van der Waals surface area contributed by atoms with Crippen molar-refractivity contribution >= 4 is 23.4 Å². The molecule has 0 unspecified atom stereocenters. The number of thioether (sulfide) groups is 1. The maximum atomic E-state index is 5.35. The zero-order valence-corrected chi connectivity index (χ0v) is 11.7. The Balaban J connectivity index is 2.41. The number of ether oxygens (including phenoxy) is 1. The molecule has 0 atom stereocenters. The first kappa shape index (κ1) is 14.8. The van der Waals surface area contributed by atoms with Crippen molar-refractivity contribution in [2.45, 2.75) is 19.3 Å². The van der Waals surface area contributed by atoms with Crippen LogP contribution >= 0.6 is 11.8 Å². The Hall–Kier alpha value is -1.21. The summed E-state index contributed by atoms with van der Waals surface area (Å²) in [6.07, 6.45) is 7.15. The van der Waals surface area contributed by atoms with E-state index < -0.39 is 0 Å². The molecular weight excluding hydrogens is 250 g/mol. The third-order valence-electron chi connectivity index (χ3n) is 2.46. The Morgan fingerprint density at radius 1 is 1.28 bits per heavy atom. The summed E-state index contributed by atoms with van der Waals surface area (Å²) in [6.45, 7) is 0.867. The second-order valence-corrected chi connectivity index (χ2v) is 4.71. The van der Waals surface area contributed by atoms with Gasteiger partial charge >= 0.3 is 0 Å². The summed E-state index contributed by atoms with van der Waals surface area (Å²) < 4.78 is 5.23. The zero-order valence-electron chi connectivity index (χ0n) is 10.9. The predicted molar refractivity (Wildman–Crippen MR) is 77.1 cm³/mol. The third kappa shape index (κ3) is 4.58. The van der Waals surface area contributed by atoms with Crippen LogP contribution in [0.2, 0.25) is 0 Å². The van der Waals surface area contributed by atoms with Gasteiger partial charge in [-0.2, -0.15) is 11.8 Å². The van der Waals surface area contributed by atoms with Crippen molar-refractivity contribution in [3.8, 4) is 5.75 Å². The van der Waals surface area contributed by atoms with Crippen LogP contribution in [-0.2, 0) is 0 Å². The highest BCUT2D eigenvalue weighted by molar-refractivity contribution is 7.98. The van der Waals surface area contributed by atoms with E-state index >= 15 is 0 Å². The number of hydrazine groups is 1. The van der Waals surface area contributed by atoms with Crippen molar-refractivity contribution in [3.63, 3.8) is 0 Å².